The summed E-state index contributed by atoms with van der Waals surface area (Å²) in [5.41, 5.74) is 2.78. The van der Waals surface area contributed by atoms with Crippen LogP contribution in [-0.4, -0.2) is 5.78 Å². The molecule has 0 atom stereocenters. The molecular weight excluding hydrogens is 252 g/mol. The van der Waals surface area contributed by atoms with Gasteiger partial charge in [0.15, 0.2) is 5.78 Å². The number of carbonyl (C=O) groups excluding carboxylic acids is 1. The summed E-state index contributed by atoms with van der Waals surface area (Å²) in [6, 6.07) is 5.70. The lowest BCUT2D eigenvalue weighted by Gasteiger charge is -2.07. The number of hydrogen-bond donors (Lipinski definition) is 0. The van der Waals surface area contributed by atoms with Crippen molar-refractivity contribution in [2.24, 2.45) is 0 Å². The molecule has 80 valence electrons. The van der Waals surface area contributed by atoms with Crippen molar-refractivity contribution >= 4 is 21.7 Å². The van der Waals surface area contributed by atoms with Crippen molar-refractivity contribution < 1.29 is 4.79 Å². The molecule has 0 unspecified atom stereocenters. The average Bonchev–Trinajstić information content (AvgIpc) is 2.21. The van der Waals surface area contributed by atoms with Crippen LogP contribution in [0.5, 0.6) is 0 Å². The highest BCUT2D eigenvalue weighted by molar-refractivity contribution is 9.10. The van der Waals surface area contributed by atoms with E-state index in [4.69, 9.17) is 0 Å². The molecule has 0 fully saturated rings. The van der Waals surface area contributed by atoms with E-state index in [0.717, 1.165) is 27.6 Å². The van der Waals surface area contributed by atoms with Crippen LogP contribution >= 0.6 is 15.9 Å². The van der Waals surface area contributed by atoms with E-state index < -0.39 is 0 Å². The van der Waals surface area contributed by atoms with Crippen LogP contribution in [0.3, 0.4) is 0 Å². The van der Waals surface area contributed by atoms with Gasteiger partial charge in [0.2, 0.25) is 0 Å². The van der Waals surface area contributed by atoms with E-state index in [9.17, 15) is 4.79 Å². The first kappa shape index (κ1) is 12.2. The molecule has 1 nitrogen and oxygen atoms in total. The number of Topliss-reactive ketones (excluding diaryl/α,β-unsaturated/α-hetero) is 1. The van der Waals surface area contributed by atoms with Gasteiger partial charge in [0.05, 0.1) is 0 Å². The van der Waals surface area contributed by atoms with Gasteiger partial charge in [-0.15, -0.1) is 0 Å². The first-order valence-corrected chi connectivity index (χ1v) is 5.80. The summed E-state index contributed by atoms with van der Waals surface area (Å²) in [5.74, 6) is 0.153. The first-order chi connectivity index (χ1) is 7.06. The van der Waals surface area contributed by atoms with Crippen LogP contribution in [0.1, 0.15) is 35.7 Å². The molecule has 0 radical (unpaired) electrons. The smallest absolute Gasteiger partial charge is 0.167 e. The summed E-state index contributed by atoms with van der Waals surface area (Å²) in [7, 11) is 0. The lowest BCUT2D eigenvalue weighted by atomic mass is 9.99. The third kappa shape index (κ3) is 3.03. The van der Waals surface area contributed by atoms with Crippen LogP contribution in [0.15, 0.2) is 34.8 Å². The maximum Gasteiger partial charge on any atom is 0.167 e. The summed E-state index contributed by atoms with van der Waals surface area (Å²) in [5, 5.41) is 0. The van der Waals surface area contributed by atoms with Gasteiger partial charge in [-0.1, -0.05) is 47.1 Å². The quantitative estimate of drug-likeness (QED) is 0.587. The van der Waals surface area contributed by atoms with Gasteiger partial charge in [-0.3, -0.25) is 4.79 Å². The van der Waals surface area contributed by atoms with Gasteiger partial charge < -0.3 is 0 Å². The van der Waals surface area contributed by atoms with Gasteiger partial charge in [-0.2, -0.15) is 0 Å². The van der Waals surface area contributed by atoms with Crippen molar-refractivity contribution in [3.05, 3.63) is 46.0 Å². The molecule has 0 N–H and O–H groups in total. The third-order valence-electron chi connectivity index (χ3n) is 2.48. The van der Waals surface area contributed by atoms with E-state index in [2.05, 4.69) is 22.5 Å². The topological polar surface area (TPSA) is 17.1 Å². The minimum atomic E-state index is 0.153. The minimum absolute atomic E-state index is 0.153. The fraction of sp³-hybridized carbons (Fsp3) is 0.308. The van der Waals surface area contributed by atoms with Crippen molar-refractivity contribution in [3.63, 3.8) is 0 Å². The second kappa shape index (κ2) is 5.26. The average molecular weight is 267 g/mol. The number of halogens is 1. The standard InChI is InChI=1S/C13H15BrO/c1-4-9(2)8-13(15)11-6-5-7-12(14)10(11)3/h5-7H,2,4,8H2,1,3H3. The molecule has 0 saturated carbocycles. The first-order valence-electron chi connectivity index (χ1n) is 5.01. The molecule has 0 amide bonds. The Balaban J connectivity index is 2.92. The predicted octanol–water partition coefficient (Wildman–Crippen LogP) is 4.30. The van der Waals surface area contributed by atoms with E-state index in [1.165, 1.54) is 0 Å². The van der Waals surface area contributed by atoms with Crippen LogP contribution in [0.2, 0.25) is 0 Å². The lowest BCUT2D eigenvalue weighted by molar-refractivity contribution is 0.0991. The second-order valence-electron chi connectivity index (χ2n) is 3.62. The Labute approximate surface area is 99.3 Å². The van der Waals surface area contributed by atoms with E-state index in [-0.39, 0.29) is 5.78 Å². The van der Waals surface area contributed by atoms with Crippen molar-refractivity contribution in [2.75, 3.05) is 0 Å². The number of hydrogen-bond acceptors (Lipinski definition) is 1. The summed E-state index contributed by atoms with van der Waals surface area (Å²) in [6.07, 6.45) is 1.31. The van der Waals surface area contributed by atoms with Crippen LogP contribution in [0, 0.1) is 6.92 Å². The molecule has 0 aliphatic heterocycles. The van der Waals surface area contributed by atoms with E-state index in [1.807, 2.05) is 32.0 Å². The maximum absolute atomic E-state index is 11.9. The van der Waals surface area contributed by atoms with Crippen molar-refractivity contribution in [3.8, 4) is 0 Å². The number of benzene rings is 1. The summed E-state index contributed by atoms with van der Waals surface area (Å²) >= 11 is 3.42. The fourth-order valence-corrected chi connectivity index (χ4v) is 1.72. The van der Waals surface area contributed by atoms with Crippen LogP contribution < -0.4 is 0 Å². The molecular formula is C13H15BrO. The Morgan fingerprint density at radius 3 is 2.73 bits per heavy atom. The summed E-state index contributed by atoms with van der Waals surface area (Å²) in [6.45, 7) is 7.83. The molecule has 1 rings (SSSR count). The minimum Gasteiger partial charge on any atom is -0.294 e. The fourth-order valence-electron chi connectivity index (χ4n) is 1.36. The Bertz CT molecular complexity index is 394. The van der Waals surface area contributed by atoms with Gasteiger partial charge in [0.25, 0.3) is 0 Å². The third-order valence-corrected chi connectivity index (χ3v) is 3.34. The Hall–Kier alpha value is -0.890. The van der Waals surface area contributed by atoms with Gasteiger partial charge in [0.1, 0.15) is 0 Å². The Morgan fingerprint density at radius 1 is 1.47 bits per heavy atom. The highest BCUT2D eigenvalue weighted by Crippen LogP contribution is 2.21. The van der Waals surface area contributed by atoms with Gasteiger partial charge in [0, 0.05) is 16.5 Å². The molecule has 0 heterocycles. The van der Waals surface area contributed by atoms with Crippen LogP contribution in [0.4, 0.5) is 0 Å². The van der Waals surface area contributed by atoms with E-state index >= 15 is 0 Å². The van der Waals surface area contributed by atoms with Crippen molar-refractivity contribution in [1.82, 2.24) is 0 Å². The number of allylic oxidation sites excluding steroid dienone is 1. The maximum atomic E-state index is 11.9. The predicted molar refractivity (Wildman–Crippen MR) is 67.3 cm³/mol. The molecule has 1 aromatic carbocycles. The van der Waals surface area contributed by atoms with Gasteiger partial charge >= 0.3 is 0 Å². The second-order valence-corrected chi connectivity index (χ2v) is 4.47. The largest absolute Gasteiger partial charge is 0.294 e. The van der Waals surface area contributed by atoms with Crippen molar-refractivity contribution in [1.29, 1.82) is 0 Å². The molecule has 1 aromatic rings. The summed E-state index contributed by atoms with van der Waals surface area (Å²) < 4.78 is 0.982. The molecule has 0 aliphatic rings. The normalized spacial score (nSPS) is 10.1. The monoisotopic (exact) mass is 266 g/mol. The van der Waals surface area contributed by atoms with Gasteiger partial charge in [-0.05, 0) is 25.0 Å². The van der Waals surface area contributed by atoms with Crippen LogP contribution in [0.25, 0.3) is 0 Å². The molecule has 0 aliphatic carbocycles. The summed E-state index contributed by atoms with van der Waals surface area (Å²) in [4.78, 5) is 11.9. The Morgan fingerprint density at radius 2 is 2.13 bits per heavy atom. The molecule has 0 aromatic heterocycles. The van der Waals surface area contributed by atoms with Crippen LogP contribution in [-0.2, 0) is 0 Å². The molecule has 0 bridgehead atoms. The zero-order chi connectivity index (χ0) is 11.4. The van der Waals surface area contributed by atoms with E-state index in [0.29, 0.717) is 6.42 Å². The Kier molecular flexibility index (Phi) is 4.28. The highest BCUT2D eigenvalue weighted by atomic mass is 79.9. The molecule has 15 heavy (non-hydrogen) atoms. The number of carbonyl (C=O) groups is 1. The molecule has 0 spiro atoms. The van der Waals surface area contributed by atoms with Gasteiger partial charge in [-0.25, -0.2) is 0 Å². The zero-order valence-electron chi connectivity index (χ0n) is 9.14. The van der Waals surface area contributed by atoms with E-state index in [1.54, 1.807) is 0 Å². The van der Waals surface area contributed by atoms with Crippen molar-refractivity contribution in [2.45, 2.75) is 26.7 Å². The molecule has 2 heteroatoms. The highest BCUT2D eigenvalue weighted by Gasteiger charge is 2.11. The molecule has 0 saturated heterocycles. The number of rotatable bonds is 4. The number of ketones is 1. The lowest BCUT2D eigenvalue weighted by Crippen LogP contribution is -2.03. The SMILES string of the molecule is C=C(CC)CC(=O)c1cccc(Br)c1C. The zero-order valence-corrected chi connectivity index (χ0v) is 10.7.